The fraction of sp³-hybridized carbons (Fsp3) is 0.522. The number of aromatic nitrogens is 3. The molecule has 1 saturated heterocycles. The number of rotatable bonds is 3. The van der Waals surface area contributed by atoms with E-state index in [1.54, 1.807) is 11.3 Å². The Morgan fingerprint density at radius 2 is 1.64 bits per heavy atom. The molecule has 0 amide bonds. The van der Waals surface area contributed by atoms with Gasteiger partial charge < -0.3 is 4.90 Å². The minimum absolute atomic E-state index is 0.671. The summed E-state index contributed by atoms with van der Waals surface area (Å²) in [6.45, 7) is 2.25. The highest BCUT2D eigenvalue weighted by Gasteiger charge is 2.17. The molecule has 0 spiro atoms. The minimum atomic E-state index is 0.671. The molecule has 0 radical (unpaired) electrons. The van der Waals surface area contributed by atoms with Crippen LogP contribution in [0.1, 0.15) is 69.3 Å². The maximum atomic E-state index is 4.78. The topological polar surface area (TPSA) is 41.9 Å². The van der Waals surface area contributed by atoms with Crippen LogP contribution in [0.4, 0.5) is 5.82 Å². The molecule has 1 saturated carbocycles. The molecule has 1 aliphatic carbocycles. The van der Waals surface area contributed by atoms with Crippen LogP contribution >= 0.6 is 11.3 Å². The van der Waals surface area contributed by atoms with Gasteiger partial charge in [-0.2, -0.15) is 0 Å². The van der Waals surface area contributed by atoms with Gasteiger partial charge in [-0.1, -0.05) is 32.1 Å². The Morgan fingerprint density at radius 1 is 0.857 bits per heavy atom. The lowest BCUT2D eigenvalue weighted by Crippen LogP contribution is -2.18. The maximum Gasteiger partial charge on any atom is 0.170 e. The van der Waals surface area contributed by atoms with Crippen molar-refractivity contribution in [2.75, 3.05) is 18.0 Å². The maximum absolute atomic E-state index is 4.78. The van der Waals surface area contributed by atoms with Crippen LogP contribution in [0.5, 0.6) is 0 Å². The summed E-state index contributed by atoms with van der Waals surface area (Å²) in [5.41, 5.74) is 3.38. The molecule has 28 heavy (non-hydrogen) atoms. The van der Waals surface area contributed by atoms with Crippen molar-refractivity contribution in [1.82, 2.24) is 15.0 Å². The van der Waals surface area contributed by atoms with Crippen molar-refractivity contribution in [1.29, 1.82) is 0 Å². The smallest absolute Gasteiger partial charge is 0.170 e. The summed E-state index contributed by atoms with van der Waals surface area (Å²) in [6.07, 6.45) is 16.1. The van der Waals surface area contributed by atoms with Crippen LogP contribution < -0.4 is 4.90 Å². The first kappa shape index (κ1) is 18.0. The monoisotopic (exact) mass is 392 g/mol. The average molecular weight is 393 g/mol. The van der Waals surface area contributed by atoms with Crippen molar-refractivity contribution in [2.24, 2.45) is 0 Å². The first-order chi connectivity index (χ1) is 13.9. The molecule has 0 unspecified atom stereocenters. The van der Waals surface area contributed by atoms with Crippen LogP contribution in [-0.4, -0.2) is 28.0 Å². The van der Waals surface area contributed by atoms with E-state index >= 15 is 0 Å². The highest BCUT2D eigenvalue weighted by molar-refractivity contribution is 7.21. The van der Waals surface area contributed by atoms with E-state index < -0.39 is 0 Å². The van der Waals surface area contributed by atoms with E-state index in [0.717, 1.165) is 35.1 Å². The Balaban J connectivity index is 1.38. The highest BCUT2D eigenvalue weighted by atomic mass is 32.1. The van der Waals surface area contributed by atoms with Gasteiger partial charge in [0.15, 0.2) is 5.65 Å². The Hall–Kier alpha value is -2.01. The largest absolute Gasteiger partial charge is 0.357 e. The van der Waals surface area contributed by atoms with Gasteiger partial charge in [0.1, 0.15) is 10.8 Å². The molecular weight excluding hydrogens is 364 g/mol. The van der Waals surface area contributed by atoms with Gasteiger partial charge in [-0.3, -0.25) is 0 Å². The van der Waals surface area contributed by atoms with Gasteiger partial charge in [-0.15, -0.1) is 11.3 Å². The molecule has 0 aromatic carbocycles. The van der Waals surface area contributed by atoms with E-state index in [9.17, 15) is 0 Å². The molecule has 3 aromatic rings. The quantitative estimate of drug-likeness (QED) is 0.533. The lowest BCUT2D eigenvalue weighted by Gasteiger charge is -2.19. The first-order valence-electron chi connectivity index (χ1n) is 10.8. The third-order valence-electron chi connectivity index (χ3n) is 6.27. The zero-order valence-electron chi connectivity index (χ0n) is 16.4. The summed E-state index contributed by atoms with van der Waals surface area (Å²) in [5, 5.41) is 1.03. The Bertz CT molecular complexity index is 919. The number of pyridine rings is 2. The molecule has 2 aliphatic rings. The average Bonchev–Trinajstić information content (AvgIpc) is 3.37. The molecule has 2 fully saturated rings. The molecule has 0 N–H and O–H groups in total. The van der Waals surface area contributed by atoms with Crippen LogP contribution in [0.2, 0.25) is 0 Å². The molecule has 0 atom stereocenters. The van der Waals surface area contributed by atoms with Crippen molar-refractivity contribution in [2.45, 2.75) is 63.7 Å². The number of hydrogen-bond acceptors (Lipinski definition) is 5. The van der Waals surface area contributed by atoms with Crippen LogP contribution in [0.15, 0.2) is 30.6 Å². The minimum Gasteiger partial charge on any atom is -0.357 e. The van der Waals surface area contributed by atoms with Crippen molar-refractivity contribution in [3.8, 4) is 10.6 Å². The van der Waals surface area contributed by atoms with E-state index in [1.165, 1.54) is 68.1 Å². The van der Waals surface area contributed by atoms with Gasteiger partial charge in [0, 0.05) is 31.0 Å². The summed E-state index contributed by atoms with van der Waals surface area (Å²) in [7, 11) is 0. The Morgan fingerprint density at radius 3 is 2.39 bits per heavy atom. The van der Waals surface area contributed by atoms with Gasteiger partial charge in [0.25, 0.3) is 0 Å². The normalized spacial score (nSPS) is 19.1. The van der Waals surface area contributed by atoms with E-state index in [4.69, 9.17) is 9.97 Å². The van der Waals surface area contributed by atoms with Crippen molar-refractivity contribution in [3.05, 3.63) is 36.2 Å². The molecule has 3 aromatic heterocycles. The molecule has 0 bridgehead atoms. The summed E-state index contributed by atoms with van der Waals surface area (Å²) < 4.78 is 1.21. The summed E-state index contributed by atoms with van der Waals surface area (Å²) >= 11 is 1.75. The van der Waals surface area contributed by atoms with Gasteiger partial charge in [-0.05, 0) is 55.4 Å². The Labute approximate surface area is 171 Å². The first-order valence-corrected chi connectivity index (χ1v) is 11.7. The molecular formula is C23H28N4S. The highest BCUT2D eigenvalue weighted by Crippen LogP contribution is 2.35. The molecule has 1 aliphatic heterocycles. The number of fused-ring (bicyclic) bond motifs is 1. The number of nitrogens with zero attached hydrogens (tertiary/aromatic N) is 4. The van der Waals surface area contributed by atoms with Crippen LogP contribution in [0, 0.1) is 0 Å². The number of thiazole rings is 1. The van der Waals surface area contributed by atoms with Gasteiger partial charge in [0.2, 0.25) is 0 Å². The molecule has 4 heterocycles. The van der Waals surface area contributed by atoms with E-state index in [1.807, 2.05) is 6.20 Å². The predicted molar refractivity (Wildman–Crippen MR) is 117 cm³/mol. The third kappa shape index (κ3) is 3.77. The number of hydrogen-bond donors (Lipinski definition) is 0. The zero-order valence-corrected chi connectivity index (χ0v) is 17.3. The summed E-state index contributed by atoms with van der Waals surface area (Å²) in [4.78, 5) is 16.5. The fourth-order valence-electron chi connectivity index (χ4n) is 4.62. The predicted octanol–water partition coefficient (Wildman–Crippen LogP) is 6.18. The molecule has 5 rings (SSSR count). The van der Waals surface area contributed by atoms with Crippen LogP contribution in [0.3, 0.4) is 0 Å². The third-order valence-corrected chi connectivity index (χ3v) is 7.31. The lowest BCUT2D eigenvalue weighted by atomic mass is 9.87. The Kier molecular flexibility index (Phi) is 5.26. The lowest BCUT2D eigenvalue weighted by molar-refractivity contribution is 0.455. The molecule has 4 nitrogen and oxygen atoms in total. The fourth-order valence-corrected chi connectivity index (χ4v) is 5.58. The zero-order chi connectivity index (χ0) is 18.8. The second-order valence-corrected chi connectivity index (χ2v) is 9.28. The van der Waals surface area contributed by atoms with Gasteiger partial charge in [0.05, 0.1) is 4.70 Å². The number of anilines is 1. The molecule has 146 valence electrons. The second-order valence-electron chi connectivity index (χ2n) is 8.25. The van der Waals surface area contributed by atoms with Crippen molar-refractivity contribution < 1.29 is 0 Å². The SMILES string of the molecule is c1cc(N2CCCC2)ncc1-c1nc2ncc(C3CCCCCCC3)cc2s1. The van der Waals surface area contributed by atoms with Gasteiger partial charge >= 0.3 is 0 Å². The van der Waals surface area contributed by atoms with Gasteiger partial charge in [-0.25, -0.2) is 15.0 Å². The summed E-state index contributed by atoms with van der Waals surface area (Å²) in [5.74, 6) is 1.76. The van der Waals surface area contributed by atoms with E-state index in [0.29, 0.717) is 5.92 Å². The van der Waals surface area contributed by atoms with E-state index in [-0.39, 0.29) is 0 Å². The van der Waals surface area contributed by atoms with Crippen molar-refractivity contribution >= 4 is 27.5 Å². The van der Waals surface area contributed by atoms with Crippen LogP contribution in [-0.2, 0) is 0 Å². The van der Waals surface area contributed by atoms with Crippen molar-refractivity contribution in [3.63, 3.8) is 0 Å². The van der Waals surface area contributed by atoms with E-state index in [2.05, 4.69) is 34.3 Å². The summed E-state index contributed by atoms with van der Waals surface area (Å²) in [6, 6.07) is 6.65. The standard InChI is InChI=1S/C23H28N4S/c1-2-4-8-17(9-5-3-1)19-14-20-22(25-16-19)26-23(28-20)18-10-11-21(24-15-18)27-12-6-7-13-27/h10-11,14-17H,1-9,12-13H2. The van der Waals surface area contributed by atoms with Crippen LogP contribution in [0.25, 0.3) is 20.9 Å². The second kappa shape index (κ2) is 8.16. The molecule has 5 heteroatoms.